The van der Waals surface area contributed by atoms with Crippen LogP contribution in [0.3, 0.4) is 0 Å². The third kappa shape index (κ3) is 1.74. The SMILES string of the molecule is CC(=O)c1ccc(C)c(C(C)=O)c1C. The molecule has 0 heterocycles. The number of Topliss-reactive ketones (excluding diaryl/α,β-unsaturated/α-hetero) is 2. The molecule has 0 radical (unpaired) electrons. The Morgan fingerprint density at radius 1 is 1.00 bits per heavy atom. The zero-order chi connectivity index (χ0) is 10.9. The van der Waals surface area contributed by atoms with Crippen molar-refractivity contribution in [2.45, 2.75) is 27.7 Å². The van der Waals surface area contributed by atoms with Gasteiger partial charge in [0.15, 0.2) is 11.6 Å². The van der Waals surface area contributed by atoms with E-state index in [9.17, 15) is 9.59 Å². The minimum Gasteiger partial charge on any atom is -0.295 e. The Balaban J connectivity index is 3.49. The highest BCUT2D eigenvalue weighted by molar-refractivity contribution is 6.02. The smallest absolute Gasteiger partial charge is 0.160 e. The lowest BCUT2D eigenvalue weighted by Crippen LogP contribution is -2.05. The fraction of sp³-hybridized carbons (Fsp3) is 0.333. The van der Waals surface area contributed by atoms with E-state index in [-0.39, 0.29) is 11.6 Å². The molecule has 0 aromatic heterocycles. The van der Waals surface area contributed by atoms with E-state index >= 15 is 0 Å². The highest BCUT2D eigenvalue weighted by Crippen LogP contribution is 2.19. The second-order valence-electron chi connectivity index (χ2n) is 3.54. The lowest BCUT2D eigenvalue weighted by Gasteiger charge is -2.09. The number of hydrogen-bond acceptors (Lipinski definition) is 2. The molecule has 0 saturated carbocycles. The van der Waals surface area contributed by atoms with Gasteiger partial charge >= 0.3 is 0 Å². The van der Waals surface area contributed by atoms with Gasteiger partial charge in [-0.3, -0.25) is 9.59 Å². The van der Waals surface area contributed by atoms with Gasteiger partial charge in [-0.2, -0.15) is 0 Å². The van der Waals surface area contributed by atoms with E-state index < -0.39 is 0 Å². The maximum atomic E-state index is 11.4. The van der Waals surface area contributed by atoms with Gasteiger partial charge in [0.05, 0.1) is 0 Å². The molecule has 0 aliphatic rings. The van der Waals surface area contributed by atoms with Crippen LogP contribution in [0, 0.1) is 13.8 Å². The number of ketones is 2. The Morgan fingerprint density at radius 3 is 2.00 bits per heavy atom. The molecule has 0 unspecified atom stereocenters. The van der Waals surface area contributed by atoms with Gasteiger partial charge in [-0.15, -0.1) is 0 Å². The third-order valence-electron chi connectivity index (χ3n) is 2.40. The Morgan fingerprint density at radius 2 is 1.57 bits per heavy atom. The maximum absolute atomic E-state index is 11.4. The van der Waals surface area contributed by atoms with Crippen LogP contribution in [0.5, 0.6) is 0 Å². The Kier molecular flexibility index (Phi) is 2.84. The van der Waals surface area contributed by atoms with Crippen molar-refractivity contribution in [1.29, 1.82) is 0 Å². The van der Waals surface area contributed by atoms with E-state index in [1.165, 1.54) is 13.8 Å². The largest absolute Gasteiger partial charge is 0.295 e. The molecule has 1 rings (SSSR count). The van der Waals surface area contributed by atoms with Crippen LogP contribution in [0.25, 0.3) is 0 Å². The molecule has 0 saturated heterocycles. The summed E-state index contributed by atoms with van der Waals surface area (Å²) in [7, 11) is 0. The molecule has 0 aliphatic carbocycles. The zero-order valence-corrected chi connectivity index (χ0v) is 8.97. The van der Waals surface area contributed by atoms with E-state index in [1.54, 1.807) is 6.07 Å². The summed E-state index contributed by atoms with van der Waals surface area (Å²) in [6.45, 7) is 6.74. The molecule has 0 spiro atoms. The second-order valence-corrected chi connectivity index (χ2v) is 3.54. The Bertz CT molecular complexity index is 403. The van der Waals surface area contributed by atoms with Gasteiger partial charge in [0.1, 0.15) is 0 Å². The molecular formula is C12H14O2. The van der Waals surface area contributed by atoms with Crippen molar-refractivity contribution in [2.24, 2.45) is 0 Å². The van der Waals surface area contributed by atoms with Gasteiger partial charge in [0.2, 0.25) is 0 Å². The fourth-order valence-electron chi connectivity index (χ4n) is 1.77. The molecule has 0 atom stereocenters. The number of carbonyl (C=O) groups is 2. The molecule has 0 aliphatic heterocycles. The van der Waals surface area contributed by atoms with E-state index in [4.69, 9.17) is 0 Å². The lowest BCUT2D eigenvalue weighted by molar-refractivity contribution is 0.101. The molecule has 1 aromatic carbocycles. The van der Waals surface area contributed by atoms with Crippen LogP contribution < -0.4 is 0 Å². The highest BCUT2D eigenvalue weighted by Gasteiger charge is 2.13. The minimum atomic E-state index is 0.00463. The summed E-state index contributed by atoms with van der Waals surface area (Å²) in [5, 5.41) is 0. The third-order valence-corrected chi connectivity index (χ3v) is 2.40. The van der Waals surface area contributed by atoms with Crippen LogP contribution in [0.1, 0.15) is 45.7 Å². The van der Waals surface area contributed by atoms with Crippen molar-refractivity contribution in [2.75, 3.05) is 0 Å². The van der Waals surface area contributed by atoms with Crippen LogP contribution in [-0.4, -0.2) is 11.6 Å². The molecule has 0 bridgehead atoms. The van der Waals surface area contributed by atoms with Crippen LogP contribution in [0.2, 0.25) is 0 Å². The summed E-state index contributed by atoms with van der Waals surface area (Å²) in [6, 6.07) is 3.60. The van der Waals surface area contributed by atoms with E-state index in [2.05, 4.69) is 0 Å². The molecule has 0 amide bonds. The summed E-state index contributed by atoms with van der Waals surface area (Å²) in [5.74, 6) is 0.0214. The molecule has 0 N–H and O–H groups in total. The average molecular weight is 190 g/mol. The zero-order valence-electron chi connectivity index (χ0n) is 8.97. The van der Waals surface area contributed by atoms with Gasteiger partial charge in [-0.1, -0.05) is 12.1 Å². The molecule has 74 valence electrons. The first-order valence-electron chi connectivity index (χ1n) is 4.57. The standard InChI is InChI=1S/C12H14O2/c1-7-5-6-11(9(3)13)8(2)12(7)10(4)14/h5-6H,1-4H3. The summed E-state index contributed by atoms with van der Waals surface area (Å²) < 4.78 is 0. The van der Waals surface area contributed by atoms with Gasteiger partial charge < -0.3 is 0 Å². The van der Waals surface area contributed by atoms with E-state index in [0.29, 0.717) is 11.1 Å². The van der Waals surface area contributed by atoms with Crippen molar-refractivity contribution in [3.8, 4) is 0 Å². The normalized spacial score (nSPS) is 10.0. The van der Waals surface area contributed by atoms with Crippen LogP contribution in [0.4, 0.5) is 0 Å². The molecule has 0 fully saturated rings. The van der Waals surface area contributed by atoms with Crippen LogP contribution in [-0.2, 0) is 0 Å². The molecule has 1 aromatic rings. The topological polar surface area (TPSA) is 34.1 Å². The first-order chi connectivity index (χ1) is 6.45. The van der Waals surface area contributed by atoms with Gasteiger partial charge in [0, 0.05) is 11.1 Å². The molecule has 14 heavy (non-hydrogen) atoms. The number of hydrogen-bond donors (Lipinski definition) is 0. The summed E-state index contributed by atoms with van der Waals surface area (Å²) in [4.78, 5) is 22.6. The van der Waals surface area contributed by atoms with Crippen LogP contribution >= 0.6 is 0 Å². The Labute approximate surface area is 83.9 Å². The van der Waals surface area contributed by atoms with Gasteiger partial charge in [-0.05, 0) is 38.8 Å². The van der Waals surface area contributed by atoms with Crippen molar-refractivity contribution < 1.29 is 9.59 Å². The molecule has 2 nitrogen and oxygen atoms in total. The van der Waals surface area contributed by atoms with Gasteiger partial charge in [-0.25, -0.2) is 0 Å². The first kappa shape index (κ1) is 10.6. The number of carbonyl (C=O) groups excluding carboxylic acids is 2. The second kappa shape index (κ2) is 3.74. The highest BCUT2D eigenvalue weighted by atomic mass is 16.1. The summed E-state index contributed by atoms with van der Waals surface area (Å²) in [5.41, 5.74) is 3.04. The van der Waals surface area contributed by atoms with Crippen molar-refractivity contribution in [1.82, 2.24) is 0 Å². The lowest BCUT2D eigenvalue weighted by atomic mass is 9.94. The van der Waals surface area contributed by atoms with Crippen molar-refractivity contribution in [3.63, 3.8) is 0 Å². The average Bonchev–Trinajstić information content (AvgIpc) is 2.02. The van der Waals surface area contributed by atoms with Crippen molar-refractivity contribution in [3.05, 3.63) is 34.4 Å². The Hall–Kier alpha value is -1.44. The summed E-state index contributed by atoms with van der Waals surface area (Å²) >= 11 is 0. The minimum absolute atomic E-state index is 0.00463. The quantitative estimate of drug-likeness (QED) is 0.672. The monoisotopic (exact) mass is 190 g/mol. The van der Waals surface area contributed by atoms with E-state index in [0.717, 1.165) is 11.1 Å². The number of rotatable bonds is 2. The number of aryl methyl sites for hydroxylation is 1. The first-order valence-corrected chi connectivity index (χ1v) is 4.57. The van der Waals surface area contributed by atoms with Crippen LogP contribution in [0.15, 0.2) is 12.1 Å². The predicted octanol–water partition coefficient (Wildman–Crippen LogP) is 2.71. The molecule has 2 heteroatoms. The predicted molar refractivity (Wildman–Crippen MR) is 55.9 cm³/mol. The van der Waals surface area contributed by atoms with Gasteiger partial charge in [0.25, 0.3) is 0 Å². The molecular weight excluding hydrogens is 176 g/mol. The fourth-order valence-corrected chi connectivity index (χ4v) is 1.77. The number of benzene rings is 1. The van der Waals surface area contributed by atoms with E-state index in [1.807, 2.05) is 19.9 Å². The maximum Gasteiger partial charge on any atom is 0.160 e. The van der Waals surface area contributed by atoms with Crippen molar-refractivity contribution >= 4 is 11.6 Å². The summed E-state index contributed by atoms with van der Waals surface area (Å²) in [6.07, 6.45) is 0.